The van der Waals surface area contributed by atoms with Crippen molar-refractivity contribution >= 4 is 27.5 Å². The Labute approximate surface area is 151 Å². The molecule has 0 bridgehead atoms. The summed E-state index contributed by atoms with van der Waals surface area (Å²) in [5.74, 6) is 0. The van der Waals surface area contributed by atoms with E-state index in [0.717, 1.165) is 21.0 Å². The van der Waals surface area contributed by atoms with Gasteiger partial charge in [0.2, 0.25) is 0 Å². The Balaban J connectivity index is 2.36. The molecule has 0 spiro atoms. The Morgan fingerprint density at radius 1 is 1.23 bits per heavy atom. The number of benzene rings is 1. The maximum atomic E-state index is 12.8. The van der Waals surface area contributed by atoms with Gasteiger partial charge in [-0.3, -0.25) is 19.0 Å². The normalized spacial score (nSPS) is 11.8. The highest BCUT2D eigenvalue weighted by atomic mass is 32.2. The van der Waals surface area contributed by atoms with Gasteiger partial charge < -0.3 is 4.74 Å². The summed E-state index contributed by atoms with van der Waals surface area (Å²) in [6.45, 7) is 5.13. The Hall–Kier alpha value is -2.88. The number of ether oxygens (including phenoxy) is 1. The number of hydrogen-bond acceptors (Lipinski definition) is 6. The number of carbonyl (C=O) groups excluding carboxylic acids is 1. The molecule has 26 heavy (non-hydrogen) atoms. The van der Waals surface area contributed by atoms with Gasteiger partial charge in [-0.2, -0.15) is 0 Å². The minimum Gasteiger partial charge on any atom is -0.443 e. The Morgan fingerprint density at radius 2 is 1.85 bits per heavy atom. The molecule has 0 unspecified atom stereocenters. The van der Waals surface area contributed by atoms with Crippen LogP contribution in [0.4, 0.5) is 16.2 Å². The molecule has 2 rings (SSSR count). The van der Waals surface area contributed by atoms with Crippen molar-refractivity contribution in [2.45, 2.75) is 31.3 Å². The fourth-order valence-corrected chi connectivity index (χ4v) is 3.45. The van der Waals surface area contributed by atoms with Gasteiger partial charge >= 0.3 is 6.09 Å². The van der Waals surface area contributed by atoms with Gasteiger partial charge in [0, 0.05) is 25.5 Å². The molecule has 0 aliphatic carbocycles. The lowest BCUT2D eigenvalue weighted by Crippen LogP contribution is -2.28. The van der Waals surface area contributed by atoms with Crippen molar-refractivity contribution in [3.63, 3.8) is 0 Å². The standard InChI is InChI=1S/C16H19N3O6S/c1-16(2,3)25-15(20)18-10-9-12(11-18)17(4)26(23,24)14-8-6-5-7-13(14)19(21)22/h5-11H,1-4H3. The number of rotatable bonds is 4. The fourth-order valence-electron chi connectivity index (χ4n) is 2.11. The second-order valence-corrected chi connectivity index (χ2v) is 8.39. The number of sulfonamides is 1. The maximum absolute atomic E-state index is 12.8. The third-order valence-electron chi connectivity index (χ3n) is 3.35. The van der Waals surface area contributed by atoms with Crippen molar-refractivity contribution in [1.29, 1.82) is 0 Å². The molecular formula is C16H19N3O6S. The summed E-state index contributed by atoms with van der Waals surface area (Å²) in [7, 11) is -2.94. The summed E-state index contributed by atoms with van der Waals surface area (Å²) >= 11 is 0. The average Bonchev–Trinajstić information content (AvgIpc) is 3.02. The number of nitro groups is 1. The number of carbonyl (C=O) groups is 1. The molecule has 0 radical (unpaired) electrons. The highest BCUT2D eigenvalue weighted by molar-refractivity contribution is 7.93. The van der Waals surface area contributed by atoms with Gasteiger partial charge in [-0.05, 0) is 32.9 Å². The zero-order valence-electron chi connectivity index (χ0n) is 14.7. The molecule has 0 N–H and O–H groups in total. The van der Waals surface area contributed by atoms with Crippen molar-refractivity contribution in [3.05, 3.63) is 52.8 Å². The minimum absolute atomic E-state index is 0.161. The van der Waals surface area contributed by atoms with Gasteiger partial charge in [0.05, 0.1) is 10.6 Å². The first-order valence-electron chi connectivity index (χ1n) is 7.57. The molecule has 0 aliphatic heterocycles. The van der Waals surface area contributed by atoms with Crippen molar-refractivity contribution in [2.75, 3.05) is 11.4 Å². The lowest BCUT2D eigenvalue weighted by Gasteiger charge is -2.20. The number of hydrogen-bond donors (Lipinski definition) is 0. The average molecular weight is 381 g/mol. The van der Waals surface area contributed by atoms with Crippen molar-refractivity contribution in [1.82, 2.24) is 4.57 Å². The number of para-hydroxylation sites is 1. The van der Waals surface area contributed by atoms with E-state index in [1.165, 1.54) is 37.6 Å². The lowest BCUT2D eigenvalue weighted by atomic mass is 10.2. The molecule has 0 saturated heterocycles. The molecule has 0 atom stereocenters. The van der Waals surface area contributed by atoms with Gasteiger partial charge in [-0.1, -0.05) is 12.1 Å². The van der Waals surface area contributed by atoms with Crippen LogP contribution in [0.15, 0.2) is 47.6 Å². The molecule has 2 aromatic rings. The molecule has 10 heteroatoms. The van der Waals surface area contributed by atoms with Crippen LogP contribution in [0.25, 0.3) is 0 Å². The van der Waals surface area contributed by atoms with E-state index in [1.54, 1.807) is 20.8 Å². The van der Waals surface area contributed by atoms with Crippen molar-refractivity contribution < 1.29 is 22.9 Å². The molecule has 9 nitrogen and oxygen atoms in total. The Morgan fingerprint density at radius 3 is 2.42 bits per heavy atom. The van der Waals surface area contributed by atoms with Gasteiger partial charge in [-0.15, -0.1) is 0 Å². The van der Waals surface area contributed by atoms with Gasteiger partial charge in [0.1, 0.15) is 5.60 Å². The molecule has 1 aromatic heterocycles. The predicted molar refractivity (Wildman–Crippen MR) is 94.7 cm³/mol. The second kappa shape index (κ2) is 6.79. The molecule has 140 valence electrons. The highest BCUT2D eigenvalue weighted by Crippen LogP contribution is 2.29. The molecule has 0 amide bonds. The molecular weight excluding hydrogens is 362 g/mol. The van der Waals surface area contributed by atoms with E-state index < -0.39 is 37.2 Å². The quantitative estimate of drug-likeness (QED) is 0.594. The fraction of sp³-hybridized carbons (Fsp3) is 0.312. The lowest BCUT2D eigenvalue weighted by molar-refractivity contribution is -0.387. The largest absolute Gasteiger partial charge is 0.443 e. The third kappa shape index (κ3) is 4.02. The number of nitro benzene ring substituents is 1. The van der Waals surface area contributed by atoms with Crippen LogP contribution in [0.3, 0.4) is 0 Å². The first kappa shape index (κ1) is 19.4. The zero-order valence-corrected chi connectivity index (χ0v) is 15.6. The number of nitrogens with zero attached hydrogens (tertiary/aromatic N) is 3. The minimum atomic E-state index is -4.19. The smallest absolute Gasteiger partial charge is 0.418 e. The van der Waals surface area contributed by atoms with E-state index in [9.17, 15) is 23.3 Å². The van der Waals surface area contributed by atoms with E-state index in [2.05, 4.69) is 0 Å². The van der Waals surface area contributed by atoms with Crippen LogP contribution < -0.4 is 4.31 Å². The first-order valence-corrected chi connectivity index (χ1v) is 9.01. The van der Waals surface area contributed by atoms with Crippen LogP contribution >= 0.6 is 0 Å². The van der Waals surface area contributed by atoms with Crippen LogP contribution in [0.2, 0.25) is 0 Å². The van der Waals surface area contributed by atoms with E-state index in [-0.39, 0.29) is 5.69 Å². The molecule has 0 aliphatic rings. The van der Waals surface area contributed by atoms with Gasteiger partial charge in [0.15, 0.2) is 4.90 Å². The zero-order chi connectivity index (χ0) is 19.7. The monoisotopic (exact) mass is 381 g/mol. The predicted octanol–water partition coefficient (Wildman–Crippen LogP) is 3.00. The summed E-state index contributed by atoms with van der Waals surface area (Å²) in [6.07, 6.45) is 1.97. The molecule has 1 aromatic carbocycles. The highest BCUT2D eigenvalue weighted by Gasteiger charge is 2.30. The summed E-state index contributed by atoms with van der Waals surface area (Å²) in [4.78, 5) is 22.0. The summed E-state index contributed by atoms with van der Waals surface area (Å²) in [6, 6.07) is 6.47. The van der Waals surface area contributed by atoms with E-state index in [0.29, 0.717) is 0 Å². The third-order valence-corrected chi connectivity index (χ3v) is 5.18. The van der Waals surface area contributed by atoms with Crippen molar-refractivity contribution in [3.8, 4) is 0 Å². The summed E-state index contributed by atoms with van der Waals surface area (Å²) in [5.41, 5.74) is -1.07. The summed E-state index contributed by atoms with van der Waals surface area (Å²) in [5, 5.41) is 11.1. The Kier molecular flexibility index (Phi) is 5.08. The van der Waals surface area contributed by atoms with Crippen LogP contribution in [0, 0.1) is 10.1 Å². The SMILES string of the molecule is CN(c1ccn(C(=O)OC(C)(C)C)c1)S(=O)(=O)c1ccccc1[N+](=O)[O-]. The van der Waals surface area contributed by atoms with Gasteiger partial charge in [0.25, 0.3) is 15.7 Å². The van der Waals surface area contributed by atoms with Crippen LogP contribution in [0.5, 0.6) is 0 Å². The van der Waals surface area contributed by atoms with E-state index >= 15 is 0 Å². The number of anilines is 1. The molecule has 1 heterocycles. The second-order valence-electron chi connectivity index (χ2n) is 6.45. The van der Waals surface area contributed by atoms with Crippen molar-refractivity contribution in [2.24, 2.45) is 0 Å². The molecule has 0 fully saturated rings. The molecule has 0 saturated carbocycles. The van der Waals surface area contributed by atoms with Crippen LogP contribution in [0.1, 0.15) is 20.8 Å². The van der Waals surface area contributed by atoms with Crippen LogP contribution in [-0.2, 0) is 14.8 Å². The topological polar surface area (TPSA) is 112 Å². The van der Waals surface area contributed by atoms with Crippen LogP contribution in [-0.4, -0.2) is 36.7 Å². The maximum Gasteiger partial charge on any atom is 0.418 e. The number of aromatic nitrogens is 1. The van der Waals surface area contributed by atoms with E-state index in [1.807, 2.05) is 0 Å². The Bertz CT molecular complexity index is 943. The first-order chi connectivity index (χ1) is 11.9. The summed E-state index contributed by atoms with van der Waals surface area (Å²) < 4.78 is 32.7. The van der Waals surface area contributed by atoms with Gasteiger partial charge in [-0.25, -0.2) is 13.2 Å². The van der Waals surface area contributed by atoms with E-state index in [4.69, 9.17) is 4.74 Å².